The fourth-order valence-corrected chi connectivity index (χ4v) is 1.48. The molecule has 9 nitrogen and oxygen atoms in total. The van der Waals surface area contributed by atoms with E-state index in [9.17, 15) is 24.5 Å². The maximum Gasteiger partial charge on any atom is 0.322 e. The molecular weight excluding hydrogens is 306 g/mol. The zero-order valence-electron chi connectivity index (χ0n) is 10.5. The third-order valence-corrected chi connectivity index (χ3v) is 2.57. The highest BCUT2D eigenvalue weighted by Crippen LogP contribution is 2.24. The SMILES string of the molecule is O=C(O)CNC(=O)CNC(=O)c1ccc(Cl)c([N+](=O)[O-])c1. The summed E-state index contributed by atoms with van der Waals surface area (Å²) in [6, 6.07) is 3.44. The van der Waals surface area contributed by atoms with Crippen molar-refractivity contribution < 1.29 is 24.4 Å². The van der Waals surface area contributed by atoms with E-state index in [2.05, 4.69) is 5.32 Å². The van der Waals surface area contributed by atoms with E-state index in [0.29, 0.717) is 0 Å². The maximum absolute atomic E-state index is 11.7. The van der Waals surface area contributed by atoms with Crippen LogP contribution in [-0.2, 0) is 9.59 Å². The number of hydrogen-bond donors (Lipinski definition) is 3. The molecule has 0 saturated carbocycles. The molecule has 0 aliphatic rings. The summed E-state index contributed by atoms with van der Waals surface area (Å²) in [4.78, 5) is 43.1. The Balaban J connectivity index is 2.64. The molecule has 3 N–H and O–H groups in total. The van der Waals surface area contributed by atoms with Gasteiger partial charge in [-0.15, -0.1) is 0 Å². The van der Waals surface area contributed by atoms with Crippen LogP contribution in [0, 0.1) is 10.1 Å². The van der Waals surface area contributed by atoms with Crippen molar-refractivity contribution in [3.63, 3.8) is 0 Å². The van der Waals surface area contributed by atoms with Crippen LogP contribution >= 0.6 is 11.6 Å². The van der Waals surface area contributed by atoms with Gasteiger partial charge in [-0.05, 0) is 12.1 Å². The summed E-state index contributed by atoms with van der Waals surface area (Å²) in [6.07, 6.45) is 0. The molecule has 0 aromatic heterocycles. The highest BCUT2D eigenvalue weighted by atomic mass is 35.5. The number of carbonyl (C=O) groups is 3. The van der Waals surface area contributed by atoms with Gasteiger partial charge in [-0.3, -0.25) is 24.5 Å². The Morgan fingerprint density at radius 2 is 1.90 bits per heavy atom. The van der Waals surface area contributed by atoms with E-state index in [4.69, 9.17) is 16.7 Å². The van der Waals surface area contributed by atoms with E-state index in [1.165, 1.54) is 12.1 Å². The van der Waals surface area contributed by atoms with E-state index in [-0.39, 0.29) is 10.6 Å². The maximum atomic E-state index is 11.7. The van der Waals surface area contributed by atoms with Crippen molar-refractivity contribution in [3.05, 3.63) is 38.9 Å². The van der Waals surface area contributed by atoms with Crippen molar-refractivity contribution in [2.45, 2.75) is 0 Å². The number of rotatable bonds is 6. The largest absolute Gasteiger partial charge is 0.480 e. The normalized spacial score (nSPS) is 9.76. The summed E-state index contributed by atoms with van der Waals surface area (Å²) in [7, 11) is 0. The number of carboxylic acids is 1. The van der Waals surface area contributed by atoms with Crippen molar-refractivity contribution in [1.82, 2.24) is 10.6 Å². The lowest BCUT2D eigenvalue weighted by Crippen LogP contribution is -2.39. The van der Waals surface area contributed by atoms with E-state index in [1.807, 2.05) is 5.32 Å². The number of carboxylic acid groups (broad SMARTS) is 1. The van der Waals surface area contributed by atoms with Crippen molar-refractivity contribution in [3.8, 4) is 0 Å². The standard InChI is InChI=1S/C11H10ClN3O6/c12-7-2-1-6(3-8(7)15(20)21)11(19)14-4-9(16)13-5-10(17)18/h1-3H,4-5H2,(H,13,16)(H,14,19)(H,17,18). The lowest BCUT2D eigenvalue weighted by atomic mass is 10.2. The van der Waals surface area contributed by atoms with Crippen LogP contribution in [0.5, 0.6) is 0 Å². The molecule has 0 heterocycles. The number of nitro groups is 1. The third-order valence-electron chi connectivity index (χ3n) is 2.25. The summed E-state index contributed by atoms with van der Waals surface area (Å²) in [5.74, 6) is -2.64. The number of nitrogens with zero attached hydrogens (tertiary/aromatic N) is 1. The number of aliphatic carboxylic acids is 1. The molecule has 0 atom stereocenters. The van der Waals surface area contributed by atoms with Gasteiger partial charge >= 0.3 is 5.97 Å². The van der Waals surface area contributed by atoms with Crippen molar-refractivity contribution in [2.24, 2.45) is 0 Å². The van der Waals surface area contributed by atoms with Crippen LogP contribution in [-0.4, -0.2) is 40.9 Å². The van der Waals surface area contributed by atoms with E-state index in [0.717, 1.165) is 6.07 Å². The molecule has 1 aromatic carbocycles. The number of hydrogen-bond acceptors (Lipinski definition) is 5. The quantitative estimate of drug-likeness (QED) is 0.505. The molecule has 112 valence electrons. The fraction of sp³-hybridized carbons (Fsp3) is 0.182. The molecule has 0 aliphatic heterocycles. The molecule has 0 bridgehead atoms. The summed E-state index contributed by atoms with van der Waals surface area (Å²) in [6.45, 7) is -1.02. The third kappa shape index (κ3) is 5.07. The number of nitrogens with one attached hydrogen (secondary N) is 2. The van der Waals surface area contributed by atoms with Gasteiger partial charge in [0.15, 0.2) is 0 Å². The smallest absolute Gasteiger partial charge is 0.322 e. The van der Waals surface area contributed by atoms with Gasteiger partial charge in [0.05, 0.1) is 11.5 Å². The predicted molar refractivity (Wildman–Crippen MR) is 71.1 cm³/mol. The van der Waals surface area contributed by atoms with Crippen LogP contribution in [0.4, 0.5) is 5.69 Å². The van der Waals surface area contributed by atoms with Gasteiger partial charge in [0.25, 0.3) is 11.6 Å². The molecule has 0 fully saturated rings. The van der Waals surface area contributed by atoms with Crippen LogP contribution < -0.4 is 10.6 Å². The Labute approximate surface area is 123 Å². The van der Waals surface area contributed by atoms with Gasteiger partial charge in [-0.1, -0.05) is 11.6 Å². The summed E-state index contributed by atoms with van der Waals surface area (Å²) in [5.41, 5.74) is -0.475. The van der Waals surface area contributed by atoms with Crippen LogP contribution in [0.25, 0.3) is 0 Å². The monoisotopic (exact) mass is 315 g/mol. The lowest BCUT2D eigenvalue weighted by Gasteiger charge is -2.05. The van der Waals surface area contributed by atoms with Gasteiger partial charge in [0, 0.05) is 11.6 Å². The number of amides is 2. The second-order valence-electron chi connectivity index (χ2n) is 3.78. The lowest BCUT2D eigenvalue weighted by molar-refractivity contribution is -0.384. The average molecular weight is 316 g/mol. The average Bonchev–Trinajstić information content (AvgIpc) is 2.42. The zero-order chi connectivity index (χ0) is 16.0. The Hall–Kier alpha value is -2.68. The molecule has 0 spiro atoms. The molecule has 1 rings (SSSR count). The summed E-state index contributed by atoms with van der Waals surface area (Å²) < 4.78 is 0. The molecule has 1 aromatic rings. The fourth-order valence-electron chi connectivity index (χ4n) is 1.29. The number of halogens is 1. The molecule has 0 aliphatic carbocycles. The van der Waals surface area contributed by atoms with E-state index >= 15 is 0 Å². The molecule has 0 saturated heterocycles. The van der Waals surface area contributed by atoms with E-state index < -0.39 is 41.5 Å². The van der Waals surface area contributed by atoms with Gasteiger partial charge in [-0.25, -0.2) is 0 Å². The molecule has 0 unspecified atom stereocenters. The van der Waals surface area contributed by atoms with Crippen LogP contribution in [0.2, 0.25) is 5.02 Å². The van der Waals surface area contributed by atoms with Gasteiger partial charge in [-0.2, -0.15) is 0 Å². The summed E-state index contributed by atoms with van der Waals surface area (Å²) in [5, 5.41) is 23.2. The Bertz CT molecular complexity index is 604. The molecule has 0 radical (unpaired) electrons. The minimum absolute atomic E-state index is 0.0443. The van der Waals surface area contributed by atoms with Crippen LogP contribution in [0.15, 0.2) is 18.2 Å². The highest BCUT2D eigenvalue weighted by molar-refractivity contribution is 6.32. The van der Waals surface area contributed by atoms with Crippen molar-refractivity contribution in [2.75, 3.05) is 13.1 Å². The summed E-state index contributed by atoms with van der Waals surface area (Å²) >= 11 is 5.60. The van der Waals surface area contributed by atoms with Crippen molar-refractivity contribution in [1.29, 1.82) is 0 Å². The molecule has 2 amide bonds. The number of benzene rings is 1. The van der Waals surface area contributed by atoms with Crippen LogP contribution in [0.1, 0.15) is 10.4 Å². The number of carbonyl (C=O) groups excluding carboxylic acids is 2. The highest BCUT2D eigenvalue weighted by Gasteiger charge is 2.16. The topological polar surface area (TPSA) is 139 Å². The van der Waals surface area contributed by atoms with Gasteiger partial charge in [0.2, 0.25) is 5.91 Å². The van der Waals surface area contributed by atoms with Crippen LogP contribution in [0.3, 0.4) is 0 Å². The second kappa shape index (κ2) is 7.20. The second-order valence-corrected chi connectivity index (χ2v) is 4.18. The Morgan fingerprint density at radius 1 is 1.24 bits per heavy atom. The zero-order valence-corrected chi connectivity index (χ0v) is 11.2. The minimum atomic E-state index is -1.22. The van der Waals surface area contributed by atoms with E-state index in [1.54, 1.807) is 0 Å². The van der Waals surface area contributed by atoms with Gasteiger partial charge < -0.3 is 15.7 Å². The first-order valence-corrected chi connectivity index (χ1v) is 5.89. The van der Waals surface area contributed by atoms with Crippen molar-refractivity contribution >= 4 is 35.1 Å². The first kappa shape index (κ1) is 16.4. The Kier molecular flexibility index (Phi) is 5.61. The Morgan fingerprint density at radius 3 is 2.48 bits per heavy atom. The van der Waals surface area contributed by atoms with Gasteiger partial charge in [0.1, 0.15) is 11.6 Å². The molecular formula is C11H10ClN3O6. The molecule has 21 heavy (non-hydrogen) atoms. The first-order chi connectivity index (χ1) is 9.81. The predicted octanol–water partition coefficient (Wildman–Crippen LogP) is 0.179. The minimum Gasteiger partial charge on any atom is -0.480 e. The first-order valence-electron chi connectivity index (χ1n) is 5.52. The number of nitro benzene ring substituents is 1. The molecule has 10 heteroatoms.